The lowest BCUT2D eigenvalue weighted by Gasteiger charge is -2.33. The van der Waals surface area contributed by atoms with E-state index in [1.165, 1.54) is 0 Å². The summed E-state index contributed by atoms with van der Waals surface area (Å²) in [4.78, 5) is 1.10. The van der Waals surface area contributed by atoms with E-state index >= 15 is 0 Å². The van der Waals surface area contributed by atoms with Gasteiger partial charge in [-0.15, -0.1) is 4.68 Å². The quantitative estimate of drug-likeness (QED) is 0.485. The van der Waals surface area contributed by atoms with Gasteiger partial charge in [0.1, 0.15) is 6.54 Å². The summed E-state index contributed by atoms with van der Waals surface area (Å²) < 4.78 is 1.76. The predicted molar refractivity (Wildman–Crippen MR) is 85.8 cm³/mol. The summed E-state index contributed by atoms with van der Waals surface area (Å²) >= 11 is 0. The van der Waals surface area contributed by atoms with Gasteiger partial charge in [0.05, 0.1) is 6.20 Å². The fraction of sp³-hybridized carbons (Fsp3) is 0.438. The lowest BCUT2D eigenvalue weighted by atomic mass is 10.2. The summed E-state index contributed by atoms with van der Waals surface area (Å²) in [6, 6.07) is 12.1. The molecular weight excluding hydrogens is 264 g/mol. The Bertz CT molecular complexity index is 582. The van der Waals surface area contributed by atoms with E-state index in [9.17, 15) is 5.21 Å². The Balaban J connectivity index is 2.33. The van der Waals surface area contributed by atoms with Crippen LogP contribution in [0.3, 0.4) is 0 Å². The van der Waals surface area contributed by atoms with Gasteiger partial charge in [-0.2, -0.15) is 0 Å². The first-order valence-electron chi connectivity index (χ1n) is 7.07. The zero-order valence-electron chi connectivity index (χ0n) is 13.1. The Morgan fingerprint density at radius 3 is 2.25 bits per heavy atom. The van der Waals surface area contributed by atoms with E-state index in [1.807, 2.05) is 42.6 Å². The molecule has 0 radical (unpaired) electrons. The molecule has 0 aliphatic rings. The van der Waals surface area contributed by atoms with Gasteiger partial charge in [-0.1, -0.05) is 69.0 Å². The van der Waals surface area contributed by atoms with E-state index in [0.29, 0.717) is 6.54 Å². The summed E-state index contributed by atoms with van der Waals surface area (Å²) in [5, 5.41) is 13.7. The summed E-state index contributed by atoms with van der Waals surface area (Å²) in [6.45, 7) is 11.8. The smallest absolute Gasteiger partial charge is 0.192 e. The van der Waals surface area contributed by atoms with E-state index in [1.54, 1.807) is 4.68 Å². The third kappa shape index (κ3) is 2.65. The first-order chi connectivity index (χ1) is 9.23. The van der Waals surface area contributed by atoms with Crippen molar-refractivity contribution in [1.82, 2.24) is 4.68 Å². The molecule has 0 saturated heterocycles. The minimum absolute atomic E-state index is 0.165. The van der Waals surface area contributed by atoms with Crippen molar-refractivity contribution in [3.05, 3.63) is 53.4 Å². The van der Waals surface area contributed by atoms with Gasteiger partial charge < -0.3 is 5.21 Å². The Labute approximate surface area is 122 Å². The van der Waals surface area contributed by atoms with Gasteiger partial charge in [-0.05, 0) is 10.6 Å². The summed E-state index contributed by atoms with van der Waals surface area (Å²) in [6.07, 6.45) is 1.91. The summed E-state index contributed by atoms with van der Waals surface area (Å²) in [7, 11) is -1.79. The molecule has 0 amide bonds. The summed E-state index contributed by atoms with van der Waals surface area (Å²) in [5.74, 6) is 0. The molecule has 1 aromatic carbocycles. The van der Waals surface area contributed by atoms with Crippen LogP contribution in [0.1, 0.15) is 26.3 Å². The van der Waals surface area contributed by atoms with Crippen LogP contribution in [0.5, 0.6) is 0 Å². The Kier molecular flexibility index (Phi) is 3.78. The van der Waals surface area contributed by atoms with E-state index in [0.717, 1.165) is 15.7 Å². The van der Waals surface area contributed by atoms with Crippen molar-refractivity contribution in [2.75, 3.05) is 0 Å². The van der Waals surface area contributed by atoms with Crippen molar-refractivity contribution in [3.8, 4) is 0 Å². The van der Waals surface area contributed by atoms with Crippen molar-refractivity contribution in [2.24, 2.45) is 0 Å². The molecule has 0 atom stereocenters. The van der Waals surface area contributed by atoms with E-state index in [2.05, 4.69) is 33.9 Å². The lowest BCUT2D eigenvalue weighted by Crippen LogP contribution is -2.64. The molecule has 0 saturated carbocycles. The van der Waals surface area contributed by atoms with Crippen molar-refractivity contribution in [2.45, 2.75) is 45.4 Å². The van der Waals surface area contributed by atoms with Crippen LogP contribution in [0, 0.1) is 5.21 Å². The second-order valence-electron chi connectivity index (χ2n) is 6.93. The van der Waals surface area contributed by atoms with Crippen LogP contribution in [0.2, 0.25) is 18.1 Å². The topological polar surface area (TPSA) is 31.9 Å². The van der Waals surface area contributed by atoms with Crippen molar-refractivity contribution in [3.63, 3.8) is 0 Å². The molecule has 0 aliphatic heterocycles. The molecular formula is C16H24N2OSi. The predicted octanol–water partition coefficient (Wildman–Crippen LogP) is 2.89. The van der Waals surface area contributed by atoms with Crippen LogP contribution >= 0.6 is 0 Å². The minimum atomic E-state index is -1.79. The van der Waals surface area contributed by atoms with Gasteiger partial charge >= 0.3 is 0 Å². The van der Waals surface area contributed by atoms with Crippen LogP contribution in [0.25, 0.3) is 0 Å². The third-order valence-electron chi connectivity index (χ3n) is 4.55. The molecule has 0 N–H and O–H groups in total. The number of rotatable bonds is 3. The van der Waals surface area contributed by atoms with Crippen molar-refractivity contribution in [1.29, 1.82) is 0 Å². The highest BCUT2D eigenvalue weighted by molar-refractivity contribution is 6.91. The number of benzene rings is 1. The lowest BCUT2D eigenvalue weighted by molar-refractivity contribution is -0.677. The SMILES string of the molecule is CC(C)(C)[Si](C)(C)c1ccn(Cc2ccccc2)[n+]1[O-]. The molecule has 0 bridgehead atoms. The van der Waals surface area contributed by atoms with E-state index in [-0.39, 0.29) is 5.04 Å². The highest BCUT2D eigenvalue weighted by Crippen LogP contribution is 2.34. The minimum Gasteiger partial charge on any atom is -0.596 e. The molecule has 0 fully saturated rings. The Morgan fingerprint density at radius 2 is 1.70 bits per heavy atom. The van der Waals surface area contributed by atoms with E-state index in [4.69, 9.17) is 0 Å². The monoisotopic (exact) mass is 288 g/mol. The molecule has 0 unspecified atom stereocenters. The fourth-order valence-electron chi connectivity index (χ4n) is 2.14. The van der Waals surface area contributed by atoms with Crippen LogP contribution in [-0.4, -0.2) is 12.8 Å². The maximum absolute atomic E-state index is 12.6. The average Bonchev–Trinajstić information content (AvgIpc) is 2.71. The zero-order valence-corrected chi connectivity index (χ0v) is 14.1. The van der Waals surface area contributed by atoms with Gasteiger partial charge in [0, 0.05) is 6.07 Å². The van der Waals surface area contributed by atoms with Gasteiger partial charge in [0.2, 0.25) is 0 Å². The number of hydrogen-bond donors (Lipinski definition) is 0. The average molecular weight is 288 g/mol. The molecule has 2 rings (SSSR count). The molecule has 108 valence electrons. The van der Waals surface area contributed by atoms with Gasteiger partial charge in [-0.3, -0.25) is 0 Å². The van der Waals surface area contributed by atoms with Crippen molar-refractivity contribution < 1.29 is 4.85 Å². The molecule has 3 nitrogen and oxygen atoms in total. The first-order valence-corrected chi connectivity index (χ1v) is 10.1. The molecule has 0 aliphatic carbocycles. The normalized spacial score (nSPS) is 12.7. The van der Waals surface area contributed by atoms with Crippen LogP contribution in [0.4, 0.5) is 0 Å². The van der Waals surface area contributed by atoms with Gasteiger partial charge in [-0.25, -0.2) is 0 Å². The Morgan fingerprint density at radius 1 is 1.10 bits per heavy atom. The maximum atomic E-state index is 12.6. The number of aromatic nitrogens is 2. The number of hydrogen-bond acceptors (Lipinski definition) is 1. The van der Waals surface area contributed by atoms with Gasteiger partial charge in [0.15, 0.2) is 13.4 Å². The third-order valence-corrected chi connectivity index (χ3v) is 9.94. The van der Waals surface area contributed by atoms with E-state index < -0.39 is 8.07 Å². The number of nitrogens with zero attached hydrogens (tertiary/aromatic N) is 2. The first kappa shape index (κ1) is 14.8. The van der Waals surface area contributed by atoms with Crippen LogP contribution < -0.4 is 10.2 Å². The molecule has 1 aromatic heterocycles. The zero-order chi connectivity index (χ0) is 15.0. The molecule has 20 heavy (non-hydrogen) atoms. The summed E-state index contributed by atoms with van der Waals surface area (Å²) in [5.41, 5.74) is 1.15. The standard InChI is InChI=1S/C16H24N2OSi/c1-16(2,3)20(4,5)15-11-12-17(18(15)19)13-14-9-7-6-8-10-14/h6-12H,13H2,1-5H3. The van der Waals surface area contributed by atoms with Crippen LogP contribution in [0.15, 0.2) is 42.6 Å². The molecule has 0 spiro atoms. The second kappa shape index (κ2) is 5.09. The Hall–Kier alpha value is -1.55. The van der Waals surface area contributed by atoms with Crippen LogP contribution in [-0.2, 0) is 6.54 Å². The van der Waals surface area contributed by atoms with Crippen molar-refractivity contribution >= 4 is 13.4 Å². The molecule has 1 heterocycles. The van der Waals surface area contributed by atoms with Gasteiger partial charge in [0.25, 0.3) is 0 Å². The molecule has 2 aromatic rings. The maximum Gasteiger partial charge on any atom is 0.192 e. The fourth-order valence-corrected chi connectivity index (χ4v) is 4.00. The highest BCUT2D eigenvalue weighted by Gasteiger charge is 2.44. The largest absolute Gasteiger partial charge is 0.596 e. The highest BCUT2D eigenvalue weighted by atomic mass is 28.3. The second-order valence-corrected chi connectivity index (χ2v) is 12.2. The molecule has 4 heteroatoms.